The van der Waals surface area contributed by atoms with Crippen LogP contribution in [0.1, 0.15) is 25.3 Å². The van der Waals surface area contributed by atoms with Gasteiger partial charge < -0.3 is 5.73 Å². The van der Waals surface area contributed by atoms with E-state index in [0.29, 0.717) is 4.99 Å². The molecule has 1 aromatic rings. The van der Waals surface area contributed by atoms with E-state index < -0.39 is 4.92 Å². The maximum atomic E-state index is 10.5. The molecule has 0 aliphatic rings. The molecule has 0 saturated heterocycles. The lowest BCUT2D eigenvalue weighted by molar-refractivity contribution is -0.384. The van der Waals surface area contributed by atoms with Crippen molar-refractivity contribution in [3.63, 3.8) is 0 Å². The van der Waals surface area contributed by atoms with E-state index in [1.807, 2.05) is 13.8 Å². The number of nitro benzene ring substituents is 1. The Morgan fingerprint density at radius 1 is 1.38 bits per heavy atom. The van der Waals surface area contributed by atoms with Crippen molar-refractivity contribution < 1.29 is 4.92 Å². The van der Waals surface area contributed by atoms with Crippen molar-refractivity contribution in [3.8, 4) is 0 Å². The highest BCUT2D eigenvalue weighted by molar-refractivity contribution is 7.80. The first kappa shape index (κ1) is 12.6. The van der Waals surface area contributed by atoms with Gasteiger partial charge in [0.05, 0.1) is 9.91 Å². The lowest BCUT2D eigenvalue weighted by Crippen LogP contribution is -2.23. The van der Waals surface area contributed by atoms with Crippen LogP contribution in [-0.4, -0.2) is 9.91 Å². The Kier molecular flexibility index (Phi) is 3.95. The Hall–Kier alpha value is -1.49. The molecule has 2 N–H and O–H groups in total. The van der Waals surface area contributed by atoms with Gasteiger partial charge in [-0.05, 0) is 11.5 Å². The number of benzene rings is 1. The first-order valence-corrected chi connectivity index (χ1v) is 5.38. The second kappa shape index (κ2) is 5.03. The number of non-ortho nitro benzene ring substituents is 1. The highest BCUT2D eigenvalue weighted by Gasteiger charge is 2.17. The fourth-order valence-corrected chi connectivity index (χ4v) is 1.64. The average molecular weight is 238 g/mol. The van der Waals surface area contributed by atoms with Crippen LogP contribution in [0.4, 0.5) is 5.69 Å². The van der Waals surface area contributed by atoms with Gasteiger partial charge in [-0.15, -0.1) is 0 Å². The number of hydrogen-bond donors (Lipinski definition) is 1. The molecule has 0 aromatic heterocycles. The minimum atomic E-state index is -0.411. The van der Waals surface area contributed by atoms with Crippen molar-refractivity contribution in [2.24, 2.45) is 11.7 Å². The fourth-order valence-electron chi connectivity index (χ4n) is 1.43. The minimum absolute atomic E-state index is 0.0801. The fraction of sp³-hybridized carbons (Fsp3) is 0.364. The van der Waals surface area contributed by atoms with Crippen molar-refractivity contribution >= 4 is 22.9 Å². The first-order valence-electron chi connectivity index (χ1n) is 4.97. The molecule has 0 fully saturated rings. The van der Waals surface area contributed by atoms with Crippen LogP contribution in [0.2, 0.25) is 0 Å². The van der Waals surface area contributed by atoms with Gasteiger partial charge in [-0.2, -0.15) is 0 Å². The topological polar surface area (TPSA) is 69.2 Å². The SMILES string of the molecule is CC(C(N)=S)C(C)c1ccc([N+](=O)[O-])cc1. The smallest absolute Gasteiger partial charge is 0.269 e. The van der Waals surface area contributed by atoms with Gasteiger partial charge in [0.15, 0.2) is 0 Å². The van der Waals surface area contributed by atoms with Crippen molar-refractivity contribution in [1.29, 1.82) is 0 Å². The third-order valence-corrected chi connectivity index (χ3v) is 3.20. The zero-order chi connectivity index (χ0) is 12.3. The quantitative estimate of drug-likeness (QED) is 0.497. The van der Waals surface area contributed by atoms with E-state index in [0.717, 1.165) is 5.56 Å². The molecule has 5 heteroatoms. The van der Waals surface area contributed by atoms with Crippen LogP contribution in [0.3, 0.4) is 0 Å². The van der Waals surface area contributed by atoms with Crippen LogP contribution < -0.4 is 5.73 Å². The highest BCUT2D eigenvalue weighted by atomic mass is 32.1. The second-order valence-electron chi connectivity index (χ2n) is 3.83. The molecule has 0 bridgehead atoms. The summed E-state index contributed by atoms with van der Waals surface area (Å²) in [7, 11) is 0. The predicted molar refractivity (Wildman–Crippen MR) is 67.5 cm³/mol. The van der Waals surface area contributed by atoms with Gasteiger partial charge in [-0.1, -0.05) is 38.2 Å². The summed E-state index contributed by atoms with van der Waals surface area (Å²) in [4.78, 5) is 10.5. The normalized spacial score (nSPS) is 14.1. The number of rotatable bonds is 4. The van der Waals surface area contributed by atoms with E-state index in [4.69, 9.17) is 18.0 Å². The van der Waals surface area contributed by atoms with Crippen molar-refractivity contribution in [3.05, 3.63) is 39.9 Å². The predicted octanol–water partition coefficient (Wildman–Crippen LogP) is 2.62. The summed E-state index contributed by atoms with van der Waals surface area (Å²) in [5.41, 5.74) is 6.68. The standard InChI is InChI=1S/C11H14N2O2S/c1-7(8(2)11(12)16)9-3-5-10(6-4-9)13(14)15/h3-8H,1-2H3,(H2,12,16). The van der Waals surface area contributed by atoms with Gasteiger partial charge in [0, 0.05) is 18.1 Å². The number of nitro groups is 1. The van der Waals surface area contributed by atoms with Gasteiger partial charge in [0.1, 0.15) is 0 Å². The number of nitrogens with two attached hydrogens (primary N) is 1. The summed E-state index contributed by atoms with van der Waals surface area (Å²) >= 11 is 4.93. The lowest BCUT2D eigenvalue weighted by atomic mass is 9.89. The van der Waals surface area contributed by atoms with Gasteiger partial charge in [-0.3, -0.25) is 10.1 Å². The number of thiocarbonyl (C=S) groups is 1. The highest BCUT2D eigenvalue weighted by Crippen LogP contribution is 2.25. The molecule has 0 radical (unpaired) electrons. The molecule has 86 valence electrons. The van der Waals surface area contributed by atoms with Crippen molar-refractivity contribution in [1.82, 2.24) is 0 Å². The molecule has 1 aromatic carbocycles. The summed E-state index contributed by atoms with van der Waals surface area (Å²) in [6.07, 6.45) is 0. The molecule has 0 aliphatic heterocycles. The molecule has 16 heavy (non-hydrogen) atoms. The van der Waals surface area contributed by atoms with Crippen LogP contribution in [0.25, 0.3) is 0 Å². The third-order valence-electron chi connectivity index (χ3n) is 2.83. The van der Waals surface area contributed by atoms with Gasteiger partial charge in [-0.25, -0.2) is 0 Å². The molecule has 0 amide bonds. The molecule has 0 heterocycles. The molecule has 0 aliphatic carbocycles. The van der Waals surface area contributed by atoms with Gasteiger partial charge >= 0.3 is 0 Å². The van der Waals surface area contributed by atoms with E-state index >= 15 is 0 Å². The number of hydrogen-bond acceptors (Lipinski definition) is 3. The first-order chi connectivity index (χ1) is 7.43. The molecular weight excluding hydrogens is 224 g/mol. The third kappa shape index (κ3) is 2.76. The lowest BCUT2D eigenvalue weighted by Gasteiger charge is -2.18. The molecular formula is C11H14N2O2S. The zero-order valence-corrected chi connectivity index (χ0v) is 10.0. The molecule has 1 rings (SSSR count). The summed E-state index contributed by atoms with van der Waals surface area (Å²) in [5, 5.41) is 10.5. The molecule has 2 unspecified atom stereocenters. The van der Waals surface area contributed by atoms with Crippen LogP contribution in [0.5, 0.6) is 0 Å². The van der Waals surface area contributed by atoms with Crippen molar-refractivity contribution in [2.45, 2.75) is 19.8 Å². The van der Waals surface area contributed by atoms with Crippen LogP contribution in [0, 0.1) is 16.0 Å². The van der Waals surface area contributed by atoms with E-state index in [-0.39, 0.29) is 17.5 Å². The minimum Gasteiger partial charge on any atom is -0.393 e. The molecule has 4 nitrogen and oxygen atoms in total. The van der Waals surface area contributed by atoms with Crippen LogP contribution in [-0.2, 0) is 0 Å². The Bertz CT molecular complexity index is 403. The van der Waals surface area contributed by atoms with Crippen LogP contribution in [0.15, 0.2) is 24.3 Å². The average Bonchev–Trinajstić information content (AvgIpc) is 2.27. The second-order valence-corrected chi connectivity index (χ2v) is 4.30. The molecule has 0 spiro atoms. The van der Waals surface area contributed by atoms with E-state index in [1.165, 1.54) is 12.1 Å². The summed E-state index contributed by atoms with van der Waals surface area (Å²) < 4.78 is 0. The Morgan fingerprint density at radius 2 is 1.88 bits per heavy atom. The Labute approximate surface area is 99.6 Å². The van der Waals surface area contributed by atoms with Gasteiger partial charge in [0.25, 0.3) is 5.69 Å². The van der Waals surface area contributed by atoms with Gasteiger partial charge in [0.2, 0.25) is 0 Å². The molecule has 2 atom stereocenters. The molecule has 0 saturated carbocycles. The Balaban J connectivity index is 2.89. The van der Waals surface area contributed by atoms with E-state index in [9.17, 15) is 10.1 Å². The van der Waals surface area contributed by atoms with Crippen molar-refractivity contribution in [2.75, 3.05) is 0 Å². The van der Waals surface area contributed by atoms with E-state index in [2.05, 4.69) is 0 Å². The number of nitrogens with zero attached hydrogens (tertiary/aromatic N) is 1. The maximum Gasteiger partial charge on any atom is 0.269 e. The summed E-state index contributed by atoms with van der Waals surface area (Å²) in [6, 6.07) is 6.49. The Morgan fingerprint density at radius 3 is 2.25 bits per heavy atom. The largest absolute Gasteiger partial charge is 0.393 e. The summed E-state index contributed by atoms with van der Waals surface area (Å²) in [5.74, 6) is 0.245. The van der Waals surface area contributed by atoms with E-state index in [1.54, 1.807) is 12.1 Å². The maximum absolute atomic E-state index is 10.5. The summed E-state index contributed by atoms with van der Waals surface area (Å²) in [6.45, 7) is 3.96. The monoisotopic (exact) mass is 238 g/mol. The van der Waals surface area contributed by atoms with Crippen LogP contribution >= 0.6 is 12.2 Å². The zero-order valence-electron chi connectivity index (χ0n) is 9.21.